The van der Waals surface area contributed by atoms with E-state index in [0.717, 1.165) is 0 Å². The molecule has 2 aromatic heterocycles. The highest BCUT2D eigenvalue weighted by molar-refractivity contribution is 7.98. The van der Waals surface area contributed by atoms with E-state index in [-0.39, 0.29) is 5.56 Å². The summed E-state index contributed by atoms with van der Waals surface area (Å²) in [6.45, 7) is 0. The molecule has 0 spiro atoms. The molecule has 7 heteroatoms. The zero-order valence-electron chi connectivity index (χ0n) is 10.6. The molecule has 0 saturated carbocycles. The van der Waals surface area contributed by atoms with E-state index in [0.29, 0.717) is 27.6 Å². The number of carboxylic acids is 1. The molecule has 1 N–H and O–H groups in total. The molecule has 0 aliphatic rings. The first kappa shape index (κ1) is 12.7. The quantitative estimate of drug-likeness (QED) is 0.743. The highest BCUT2D eigenvalue weighted by Gasteiger charge is 2.20. The Bertz CT molecular complexity index is 778. The zero-order valence-corrected chi connectivity index (χ0v) is 11.4. The van der Waals surface area contributed by atoms with Crippen LogP contribution < -0.4 is 0 Å². The molecule has 2 heterocycles. The number of hydrogen-bond acceptors (Lipinski definition) is 5. The molecule has 0 bridgehead atoms. The molecule has 0 atom stereocenters. The number of rotatable bonds is 4. The number of benzene rings is 1. The molecule has 6 nitrogen and oxygen atoms in total. The SMILES string of the molecule is Cn1cnnc1SCc1oc2ccccc2c1C(=O)O. The van der Waals surface area contributed by atoms with Crippen LogP contribution in [0, 0.1) is 0 Å². The van der Waals surface area contributed by atoms with Crippen molar-refractivity contribution in [2.45, 2.75) is 10.9 Å². The Morgan fingerprint density at radius 2 is 2.25 bits per heavy atom. The van der Waals surface area contributed by atoms with Gasteiger partial charge in [-0.3, -0.25) is 0 Å². The molecule has 102 valence electrons. The number of carboxylic acid groups (broad SMARTS) is 1. The number of para-hydroxylation sites is 1. The summed E-state index contributed by atoms with van der Waals surface area (Å²) < 4.78 is 7.41. The lowest BCUT2D eigenvalue weighted by Gasteiger charge is -1.99. The lowest BCUT2D eigenvalue weighted by atomic mass is 10.1. The highest BCUT2D eigenvalue weighted by Crippen LogP contribution is 2.30. The number of nitrogens with zero attached hydrogens (tertiary/aromatic N) is 3. The molecule has 20 heavy (non-hydrogen) atoms. The fourth-order valence-corrected chi connectivity index (χ4v) is 2.78. The van der Waals surface area contributed by atoms with Gasteiger partial charge in [0.2, 0.25) is 0 Å². The van der Waals surface area contributed by atoms with Crippen LogP contribution >= 0.6 is 11.8 Å². The number of fused-ring (bicyclic) bond motifs is 1. The van der Waals surface area contributed by atoms with Crippen molar-refractivity contribution in [2.75, 3.05) is 0 Å². The Labute approximate surface area is 118 Å². The Hall–Kier alpha value is -2.28. The summed E-state index contributed by atoms with van der Waals surface area (Å²) in [4.78, 5) is 11.4. The first-order chi connectivity index (χ1) is 9.66. The van der Waals surface area contributed by atoms with Crippen molar-refractivity contribution in [1.29, 1.82) is 0 Å². The van der Waals surface area contributed by atoms with Gasteiger partial charge < -0.3 is 14.1 Å². The van der Waals surface area contributed by atoms with E-state index in [9.17, 15) is 9.90 Å². The number of aryl methyl sites for hydroxylation is 1. The third kappa shape index (κ3) is 2.16. The second kappa shape index (κ2) is 5.01. The van der Waals surface area contributed by atoms with Gasteiger partial charge in [0, 0.05) is 12.4 Å². The van der Waals surface area contributed by atoms with Crippen molar-refractivity contribution < 1.29 is 14.3 Å². The van der Waals surface area contributed by atoms with Gasteiger partial charge in [-0.2, -0.15) is 0 Å². The van der Waals surface area contributed by atoms with E-state index in [2.05, 4.69) is 10.2 Å². The summed E-state index contributed by atoms with van der Waals surface area (Å²) in [5, 5.41) is 18.4. The van der Waals surface area contributed by atoms with Gasteiger partial charge in [-0.15, -0.1) is 10.2 Å². The van der Waals surface area contributed by atoms with E-state index in [4.69, 9.17) is 4.42 Å². The summed E-state index contributed by atoms with van der Waals surface area (Å²) in [5.74, 6) is -0.154. The minimum absolute atomic E-state index is 0.218. The average Bonchev–Trinajstić information content (AvgIpc) is 2.99. The number of hydrogen-bond donors (Lipinski definition) is 1. The van der Waals surface area contributed by atoms with E-state index < -0.39 is 5.97 Å². The van der Waals surface area contributed by atoms with Crippen LogP contribution in [0.15, 0.2) is 40.2 Å². The predicted octanol–water partition coefficient (Wildman–Crippen LogP) is 2.55. The van der Waals surface area contributed by atoms with Crippen molar-refractivity contribution >= 4 is 28.7 Å². The van der Waals surface area contributed by atoms with Crippen molar-refractivity contribution in [3.05, 3.63) is 41.9 Å². The number of aromatic carboxylic acids is 1. The average molecular weight is 289 g/mol. The lowest BCUT2D eigenvalue weighted by molar-refractivity contribution is 0.0697. The summed E-state index contributed by atoms with van der Waals surface area (Å²) >= 11 is 1.39. The maximum atomic E-state index is 11.4. The predicted molar refractivity (Wildman–Crippen MR) is 73.7 cm³/mol. The third-order valence-corrected chi connectivity index (χ3v) is 3.92. The first-order valence-electron chi connectivity index (χ1n) is 5.87. The van der Waals surface area contributed by atoms with Gasteiger partial charge in [0.1, 0.15) is 23.2 Å². The fraction of sp³-hybridized carbons (Fsp3) is 0.154. The molecule has 0 fully saturated rings. The molecule has 0 unspecified atom stereocenters. The van der Waals surface area contributed by atoms with E-state index in [1.165, 1.54) is 11.8 Å². The van der Waals surface area contributed by atoms with Gasteiger partial charge in [0.15, 0.2) is 5.16 Å². The van der Waals surface area contributed by atoms with Crippen LogP contribution in [0.5, 0.6) is 0 Å². The number of aromatic nitrogens is 3. The Balaban J connectivity index is 1.96. The molecule has 1 aromatic carbocycles. The van der Waals surface area contributed by atoms with Crippen LogP contribution in [0.3, 0.4) is 0 Å². The van der Waals surface area contributed by atoms with Crippen LogP contribution in [0.2, 0.25) is 0 Å². The second-order valence-corrected chi connectivity index (χ2v) is 5.16. The van der Waals surface area contributed by atoms with Gasteiger partial charge >= 0.3 is 5.97 Å². The van der Waals surface area contributed by atoms with Crippen molar-refractivity contribution in [3.8, 4) is 0 Å². The standard InChI is InChI=1S/C13H11N3O3S/c1-16-7-14-15-13(16)20-6-10-11(12(17)18)8-4-2-3-5-9(8)19-10/h2-5,7H,6H2,1H3,(H,17,18). The topological polar surface area (TPSA) is 81.2 Å². The Morgan fingerprint density at radius 1 is 1.45 bits per heavy atom. The molecule has 0 saturated heterocycles. The van der Waals surface area contributed by atoms with Gasteiger partial charge in [-0.25, -0.2) is 4.79 Å². The normalized spacial score (nSPS) is 11.1. The summed E-state index contributed by atoms with van der Waals surface area (Å²) in [5.41, 5.74) is 0.800. The van der Waals surface area contributed by atoms with Gasteiger partial charge in [-0.1, -0.05) is 30.0 Å². The van der Waals surface area contributed by atoms with Gasteiger partial charge in [-0.05, 0) is 6.07 Å². The van der Waals surface area contributed by atoms with Crippen LogP contribution in [0.4, 0.5) is 0 Å². The molecular formula is C13H11N3O3S. The number of carbonyl (C=O) groups is 1. The minimum Gasteiger partial charge on any atom is -0.478 e. The molecule has 0 radical (unpaired) electrons. The lowest BCUT2D eigenvalue weighted by Crippen LogP contribution is -1.99. The van der Waals surface area contributed by atoms with E-state index in [1.54, 1.807) is 29.1 Å². The van der Waals surface area contributed by atoms with Crippen LogP contribution in [-0.2, 0) is 12.8 Å². The summed E-state index contributed by atoms with van der Waals surface area (Å²) in [7, 11) is 1.83. The largest absolute Gasteiger partial charge is 0.478 e. The molecule has 3 aromatic rings. The first-order valence-corrected chi connectivity index (χ1v) is 6.86. The summed E-state index contributed by atoms with van der Waals surface area (Å²) in [6, 6.07) is 7.12. The number of furan rings is 1. The molecule has 0 aliphatic carbocycles. The van der Waals surface area contributed by atoms with Crippen molar-refractivity contribution in [2.24, 2.45) is 7.05 Å². The van der Waals surface area contributed by atoms with Crippen LogP contribution in [-0.4, -0.2) is 25.8 Å². The molecule has 0 aliphatic heterocycles. The van der Waals surface area contributed by atoms with Crippen LogP contribution in [0.1, 0.15) is 16.1 Å². The smallest absolute Gasteiger partial charge is 0.339 e. The van der Waals surface area contributed by atoms with Crippen molar-refractivity contribution in [1.82, 2.24) is 14.8 Å². The van der Waals surface area contributed by atoms with Gasteiger partial charge in [0.05, 0.1) is 5.75 Å². The maximum Gasteiger partial charge on any atom is 0.339 e. The fourth-order valence-electron chi connectivity index (χ4n) is 1.97. The zero-order chi connectivity index (χ0) is 14.1. The Morgan fingerprint density at radius 3 is 2.95 bits per heavy atom. The van der Waals surface area contributed by atoms with Crippen LogP contribution in [0.25, 0.3) is 11.0 Å². The third-order valence-electron chi connectivity index (χ3n) is 2.88. The Kier molecular flexibility index (Phi) is 3.19. The van der Waals surface area contributed by atoms with E-state index in [1.807, 2.05) is 13.1 Å². The summed E-state index contributed by atoms with van der Waals surface area (Å²) in [6.07, 6.45) is 1.60. The molecule has 0 amide bonds. The van der Waals surface area contributed by atoms with E-state index >= 15 is 0 Å². The highest BCUT2D eigenvalue weighted by atomic mass is 32.2. The minimum atomic E-state index is -0.983. The van der Waals surface area contributed by atoms with Crippen molar-refractivity contribution in [3.63, 3.8) is 0 Å². The monoisotopic (exact) mass is 289 g/mol. The van der Waals surface area contributed by atoms with Gasteiger partial charge in [0.25, 0.3) is 0 Å². The molecular weight excluding hydrogens is 278 g/mol. The second-order valence-electron chi connectivity index (χ2n) is 4.21. The number of thioether (sulfide) groups is 1. The maximum absolute atomic E-state index is 11.4. The molecule has 3 rings (SSSR count).